The van der Waals surface area contributed by atoms with Crippen molar-refractivity contribution in [3.8, 4) is 0 Å². The van der Waals surface area contributed by atoms with E-state index in [9.17, 15) is 0 Å². The van der Waals surface area contributed by atoms with Crippen LogP contribution in [0.2, 0.25) is 0 Å². The Balaban J connectivity index is 3.05. The summed E-state index contributed by atoms with van der Waals surface area (Å²) >= 11 is 4.15. The van der Waals surface area contributed by atoms with Gasteiger partial charge < -0.3 is 10.0 Å². The summed E-state index contributed by atoms with van der Waals surface area (Å²) in [5.74, 6) is 0. The molecule has 1 aromatic carbocycles. The van der Waals surface area contributed by atoms with Crippen LogP contribution in [-0.2, 0) is 0 Å². The Bertz CT molecular complexity index is 263. The maximum Gasteiger partial charge on any atom is 0.488 e. The minimum absolute atomic E-state index is 0.500. The van der Waals surface area contributed by atoms with E-state index in [0.29, 0.717) is 5.46 Å². The van der Waals surface area contributed by atoms with Gasteiger partial charge in [0.15, 0.2) is 0 Å². The van der Waals surface area contributed by atoms with Crippen molar-refractivity contribution < 1.29 is 10.0 Å². The quantitative estimate of drug-likeness (QED) is 0.407. The Morgan fingerprint density at radius 2 is 2.00 bits per heavy atom. The van der Waals surface area contributed by atoms with Crippen LogP contribution >= 0.6 is 12.6 Å². The van der Waals surface area contributed by atoms with Crippen LogP contribution < -0.4 is 5.46 Å². The van der Waals surface area contributed by atoms with Crippen LogP contribution in [0.5, 0.6) is 0 Å². The van der Waals surface area contributed by atoms with E-state index < -0.39 is 7.12 Å². The molecule has 0 radical (unpaired) electrons. The third-order valence-corrected chi connectivity index (χ3v) is 2.02. The molecule has 2 nitrogen and oxygen atoms in total. The summed E-state index contributed by atoms with van der Waals surface area (Å²) in [4.78, 5) is 0.856. The second-order valence-corrected chi connectivity index (χ2v) is 2.90. The number of thiol groups is 1. The average molecular weight is 168 g/mol. The second-order valence-electron chi connectivity index (χ2n) is 2.42. The van der Waals surface area contributed by atoms with Crippen LogP contribution in [0.1, 0.15) is 5.56 Å². The Hall–Kier alpha value is -0.445. The average Bonchev–Trinajstić information content (AvgIpc) is 1.94. The first-order valence-electron chi connectivity index (χ1n) is 3.27. The molecule has 0 saturated carbocycles. The van der Waals surface area contributed by atoms with Crippen LogP contribution in [0.4, 0.5) is 0 Å². The molecule has 11 heavy (non-hydrogen) atoms. The van der Waals surface area contributed by atoms with Gasteiger partial charge in [0, 0.05) is 4.90 Å². The summed E-state index contributed by atoms with van der Waals surface area (Å²) in [6.07, 6.45) is 0. The number of benzene rings is 1. The van der Waals surface area contributed by atoms with E-state index in [4.69, 9.17) is 10.0 Å². The maximum atomic E-state index is 8.77. The van der Waals surface area contributed by atoms with Gasteiger partial charge in [0.05, 0.1) is 0 Å². The largest absolute Gasteiger partial charge is 0.488 e. The molecule has 0 aliphatic heterocycles. The molecule has 0 aliphatic carbocycles. The zero-order valence-corrected chi connectivity index (χ0v) is 7.05. The van der Waals surface area contributed by atoms with Crippen molar-refractivity contribution in [1.82, 2.24) is 0 Å². The molecule has 0 atom stereocenters. The van der Waals surface area contributed by atoms with Gasteiger partial charge in [-0.25, -0.2) is 0 Å². The lowest BCUT2D eigenvalue weighted by molar-refractivity contribution is 0.425. The molecular formula is C7H9BO2S. The standard InChI is InChI=1S/C7H9BO2S/c1-5-4-6(8(9)10)2-3-7(5)11/h2-4,9-11H,1H3. The smallest absolute Gasteiger partial charge is 0.423 e. The minimum Gasteiger partial charge on any atom is -0.423 e. The van der Waals surface area contributed by atoms with Crippen LogP contribution in [0.3, 0.4) is 0 Å². The zero-order chi connectivity index (χ0) is 8.43. The minimum atomic E-state index is -1.39. The van der Waals surface area contributed by atoms with Gasteiger partial charge in [-0.15, -0.1) is 12.6 Å². The normalized spacial score (nSPS) is 9.82. The Labute approximate surface area is 71.4 Å². The van der Waals surface area contributed by atoms with Crippen molar-refractivity contribution in [2.75, 3.05) is 0 Å². The highest BCUT2D eigenvalue weighted by Crippen LogP contribution is 2.09. The topological polar surface area (TPSA) is 40.5 Å². The van der Waals surface area contributed by atoms with Crippen LogP contribution in [0, 0.1) is 6.92 Å². The van der Waals surface area contributed by atoms with E-state index in [1.807, 2.05) is 6.92 Å². The van der Waals surface area contributed by atoms with Crippen molar-refractivity contribution in [3.63, 3.8) is 0 Å². The molecule has 0 fully saturated rings. The predicted molar refractivity (Wildman–Crippen MR) is 48.3 cm³/mol. The summed E-state index contributed by atoms with van der Waals surface area (Å²) in [6, 6.07) is 5.08. The number of aryl methyl sites for hydroxylation is 1. The number of hydrogen-bond donors (Lipinski definition) is 3. The van der Waals surface area contributed by atoms with Gasteiger partial charge in [-0.2, -0.15) is 0 Å². The third kappa shape index (κ3) is 1.99. The molecule has 58 valence electrons. The van der Waals surface area contributed by atoms with E-state index in [2.05, 4.69) is 12.6 Å². The third-order valence-electron chi connectivity index (χ3n) is 1.52. The van der Waals surface area contributed by atoms with Crippen LogP contribution in [0.25, 0.3) is 0 Å². The van der Waals surface area contributed by atoms with Gasteiger partial charge in [0.1, 0.15) is 0 Å². The van der Waals surface area contributed by atoms with Crippen molar-refractivity contribution in [2.24, 2.45) is 0 Å². The van der Waals surface area contributed by atoms with Crippen LogP contribution in [-0.4, -0.2) is 17.2 Å². The molecule has 0 bridgehead atoms. The first kappa shape index (κ1) is 8.65. The van der Waals surface area contributed by atoms with Crippen molar-refractivity contribution in [3.05, 3.63) is 23.8 Å². The van der Waals surface area contributed by atoms with Gasteiger partial charge in [-0.1, -0.05) is 12.1 Å². The lowest BCUT2D eigenvalue weighted by atomic mass is 9.80. The lowest BCUT2D eigenvalue weighted by Gasteiger charge is -2.02. The van der Waals surface area contributed by atoms with Gasteiger partial charge in [-0.05, 0) is 24.0 Å². The number of rotatable bonds is 1. The van der Waals surface area contributed by atoms with Crippen molar-refractivity contribution in [2.45, 2.75) is 11.8 Å². The predicted octanol–water partition coefficient (Wildman–Crippen LogP) is -0.0365. The number of hydrogen-bond acceptors (Lipinski definition) is 3. The Kier molecular flexibility index (Phi) is 2.60. The molecule has 1 aromatic rings. The molecule has 0 saturated heterocycles. The fraction of sp³-hybridized carbons (Fsp3) is 0.143. The summed E-state index contributed by atoms with van der Waals surface area (Å²) in [7, 11) is -1.39. The fourth-order valence-corrected chi connectivity index (χ4v) is 0.978. The maximum absolute atomic E-state index is 8.77. The zero-order valence-electron chi connectivity index (χ0n) is 6.15. The molecule has 2 N–H and O–H groups in total. The fourth-order valence-electron chi connectivity index (χ4n) is 0.839. The highest BCUT2D eigenvalue weighted by molar-refractivity contribution is 7.80. The van der Waals surface area contributed by atoms with E-state index in [0.717, 1.165) is 10.5 Å². The Morgan fingerprint density at radius 3 is 2.45 bits per heavy atom. The summed E-state index contributed by atoms with van der Waals surface area (Å²) in [5, 5.41) is 17.5. The van der Waals surface area contributed by atoms with Gasteiger partial charge >= 0.3 is 7.12 Å². The van der Waals surface area contributed by atoms with E-state index in [1.54, 1.807) is 18.2 Å². The molecule has 1 rings (SSSR count). The monoisotopic (exact) mass is 168 g/mol. The SMILES string of the molecule is Cc1cc(B(O)O)ccc1S. The molecule has 0 unspecified atom stereocenters. The molecule has 0 aromatic heterocycles. The molecule has 0 amide bonds. The molecule has 0 spiro atoms. The van der Waals surface area contributed by atoms with Crippen molar-refractivity contribution in [1.29, 1.82) is 0 Å². The second kappa shape index (κ2) is 3.30. The van der Waals surface area contributed by atoms with Gasteiger partial charge in [-0.3, -0.25) is 0 Å². The highest BCUT2D eigenvalue weighted by atomic mass is 32.1. The summed E-state index contributed by atoms with van der Waals surface area (Å²) in [6.45, 7) is 1.87. The molecule has 0 heterocycles. The molecular weight excluding hydrogens is 159 g/mol. The highest BCUT2D eigenvalue weighted by Gasteiger charge is 2.10. The first-order valence-corrected chi connectivity index (χ1v) is 3.71. The molecule has 4 heteroatoms. The Morgan fingerprint density at radius 1 is 1.36 bits per heavy atom. The first-order chi connectivity index (χ1) is 5.11. The van der Waals surface area contributed by atoms with Gasteiger partial charge in [0.2, 0.25) is 0 Å². The lowest BCUT2D eigenvalue weighted by Crippen LogP contribution is -2.29. The molecule has 0 aliphatic rings. The van der Waals surface area contributed by atoms with Crippen LogP contribution in [0.15, 0.2) is 23.1 Å². The van der Waals surface area contributed by atoms with Gasteiger partial charge in [0.25, 0.3) is 0 Å². The van der Waals surface area contributed by atoms with Crippen molar-refractivity contribution >= 4 is 25.2 Å². The van der Waals surface area contributed by atoms with E-state index in [1.165, 1.54) is 0 Å². The summed E-state index contributed by atoms with van der Waals surface area (Å²) < 4.78 is 0. The van der Waals surface area contributed by atoms with E-state index >= 15 is 0 Å². The summed E-state index contributed by atoms with van der Waals surface area (Å²) in [5.41, 5.74) is 1.44. The van der Waals surface area contributed by atoms with E-state index in [-0.39, 0.29) is 0 Å².